The van der Waals surface area contributed by atoms with Crippen molar-refractivity contribution in [1.82, 2.24) is 14.7 Å². The Balaban J connectivity index is 1.57. The number of rotatable bonds is 3. The molecule has 1 aromatic carbocycles. The van der Waals surface area contributed by atoms with Crippen molar-refractivity contribution in [2.24, 2.45) is 0 Å². The number of amides is 3. The van der Waals surface area contributed by atoms with Crippen LogP contribution in [0.4, 0.5) is 5.69 Å². The quantitative estimate of drug-likeness (QED) is 0.793. The van der Waals surface area contributed by atoms with E-state index in [9.17, 15) is 14.4 Å². The van der Waals surface area contributed by atoms with Crippen molar-refractivity contribution >= 4 is 23.4 Å². The van der Waals surface area contributed by atoms with Gasteiger partial charge >= 0.3 is 0 Å². The molecule has 0 saturated carbocycles. The molecular formula is C21H28N4O3. The van der Waals surface area contributed by atoms with Crippen LogP contribution in [0.25, 0.3) is 0 Å². The normalized spacial score (nSPS) is 25.4. The molecule has 0 aromatic heterocycles. The van der Waals surface area contributed by atoms with Crippen LogP contribution in [0.15, 0.2) is 24.3 Å². The van der Waals surface area contributed by atoms with Crippen LogP contribution >= 0.6 is 0 Å². The zero-order chi connectivity index (χ0) is 20.1. The Morgan fingerprint density at radius 1 is 1.11 bits per heavy atom. The van der Waals surface area contributed by atoms with E-state index in [1.807, 2.05) is 24.0 Å². The lowest BCUT2D eigenvalue weighted by atomic mass is 9.98. The van der Waals surface area contributed by atoms with Gasteiger partial charge in [-0.2, -0.15) is 0 Å². The summed E-state index contributed by atoms with van der Waals surface area (Å²) in [7, 11) is 0. The van der Waals surface area contributed by atoms with E-state index in [-0.39, 0.29) is 24.3 Å². The van der Waals surface area contributed by atoms with E-state index in [1.165, 1.54) is 0 Å². The molecule has 1 unspecified atom stereocenters. The van der Waals surface area contributed by atoms with Crippen molar-refractivity contribution in [2.75, 3.05) is 37.6 Å². The van der Waals surface area contributed by atoms with Crippen LogP contribution < -0.4 is 4.90 Å². The summed E-state index contributed by atoms with van der Waals surface area (Å²) in [6, 6.07) is 7.66. The largest absolute Gasteiger partial charge is 0.339 e. The van der Waals surface area contributed by atoms with Crippen LogP contribution in [0.5, 0.6) is 0 Å². The second-order valence-corrected chi connectivity index (χ2v) is 8.37. The fourth-order valence-electron chi connectivity index (χ4n) is 4.66. The summed E-state index contributed by atoms with van der Waals surface area (Å²) in [6.45, 7) is 9.28. The molecule has 3 aliphatic heterocycles. The molecule has 2 fully saturated rings. The maximum atomic E-state index is 13.2. The number of para-hydroxylation sites is 1. The van der Waals surface area contributed by atoms with Gasteiger partial charge in [0.25, 0.3) is 5.91 Å². The molecule has 7 nitrogen and oxygen atoms in total. The number of fused-ring (bicyclic) bond motifs is 3. The lowest BCUT2D eigenvalue weighted by Crippen LogP contribution is -2.64. The van der Waals surface area contributed by atoms with Crippen LogP contribution in [0.3, 0.4) is 0 Å². The minimum absolute atomic E-state index is 0.00504. The Bertz CT molecular complexity index is 816. The van der Waals surface area contributed by atoms with Gasteiger partial charge in [0, 0.05) is 38.6 Å². The summed E-state index contributed by atoms with van der Waals surface area (Å²) in [5.41, 5.74) is 0.372. The van der Waals surface area contributed by atoms with E-state index in [0.717, 1.165) is 13.1 Å². The van der Waals surface area contributed by atoms with Gasteiger partial charge in [-0.3, -0.25) is 24.2 Å². The first-order chi connectivity index (χ1) is 13.3. The number of carbonyl (C=O) groups is 3. The first-order valence-electron chi connectivity index (χ1n) is 10.1. The van der Waals surface area contributed by atoms with E-state index in [2.05, 4.69) is 18.7 Å². The monoisotopic (exact) mass is 384 g/mol. The highest BCUT2D eigenvalue weighted by Crippen LogP contribution is 2.43. The third-order valence-corrected chi connectivity index (χ3v) is 6.44. The molecular weight excluding hydrogens is 356 g/mol. The predicted molar refractivity (Wildman–Crippen MR) is 106 cm³/mol. The third kappa shape index (κ3) is 2.89. The van der Waals surface area contributed by atoms with Crippen molar-refractivity contribution < 1.29 is 14.4 Å². The summed E-state index contributed by atoms with van der Waals surface area (Å²) in [4.78, 5) is 46.4. The number of anilines is 1. The third-order valence-electron chi connectivity index (χ3n) is 6.44. The summed E-state index contributed by atoms with van der Waals surface area (Å²) in [5, 5.41) is 0. The first kappa shape index (κ1) is 18.9. The molecule has 7 heteroatoms. The predicted octanol–water partition coefficient (Wildman–Crippen LogP) is 1.54. The number of piperazine rings is 1. The van der Waals surface area contributed by atoms with Gasteiger partial charge in [0.2, 0.25) is 11.8 Å². The fourth-order valence-corrected chi connectivity index (χ4v) is 4.66. The molecule has 150 valence electrons. The van der Waals surface area contributed by atoms with Crippen molar-refractivity contribution in [3.05, 3.63) is 29.8 Å². The van der Waals surface area contributed by atoms with Gasteiger partial charge in [-0.15, -0.1) is 0 Å². The fraction of sp³-hybridized carbons (Fsp3) is 0.571. The summed E-state index contributed by atoms with van der Waals surface area (Å²) >= 11 is 0. The highest BCUT2D eigenvalue weighted by atomic mass is 16.2. The standard InChI is InChI=1S/C21H28N4O3/c1-15(2)22-10-12-23(13-11-22)19(27)14-24-20(28)16-6-4-5-7-17(16)25-18(26)8-9-21(24,25)3/h4-7,15H,8-14H2,1-3H3. The van der Waals surface area contributed by atoms with E-state index in [0.29, 0.717) is 43.2 Å². The Morgan fingerprint density at radius 3 is 2.46 bits per heavy atom. The highest BCUT2D eigenvalue weighted by Gasteiger charge is 2.53. The topological polar surface area (TPSA) is 64.2 Å². The van der Waals surface area contributed by atoms with Gasteiger partial charge in [0.1, 0.15) is 12.2 Å². The molecule has 0 aliphatic carbocycles. The molecule has 28 heavy (non-hydrogen) atoms. The molecule has 1 aromatic rings. The van der Waals surface area contributed by atoms with Crippen molar-refractivity contribution in [3.8, 4) is 0 Å². The molecule has 0 bridgehead atoms. The Kier molecular flexibility index (Phi) is 4.65. The smallest absolute Gasteiger partial charge is 0.258 e. The lowest BCUT2D eigenvalue weighted by molar-refractivity contribution is -0.135. The molecule has 4 rings (SSSR count). The number of hydrogen-bond acceptors (Lipinski definition) is 4. The average Bonchev–Trinajstić information content (AvgIpc) is 3.00. The van der Waals surface area contributed by atoms with Gasteiger partial charge in [-0.25, -0.2) is 0 Å². The van der Waals surface area contributed by atoms with Crippen molar-refractivity contribution in [3.63, 3.8) is 0 Å². The molecule has 1 atom stereocenters. The van der Waals surface area contributed by atoms with Crippen LogP contribution in [0.1, 0.15) is 44.0 Å². The number of carbonyl (C=O) groups excluding carboxylic acids is 3. The lowest BCUT2D eigenvalue weighted by Gasteiger charge is -2.49. The Labute approximate surface area is 165 Å². The van der Waals surface area contributed by atoms with Crippen LogP contribution in [0, 0.1) is 0 Å². The number of hydrogen-bond donors (Lipinski definition) is 0. The van der Waals surface area contributed by atoms with E-state index in [4.69, 9.17) is 0 Å². The van der Waals surface area contributed by atoms with Crippen LogP contribution in [-0.2, 0) is 9.59 Å². The van der Waals surface area contributed by atoms with E-state index < -0.39 is 5.66 Å². The van der Waals surface area contributed by atoms with E-state index in [1.54, 1.807) is 21.9 Å². The van der Waals surface area contributed by atoms with Crippen LogP contribution in [-0.4, -0.2) is 76.8 Å². The van der Waals surface area contributed by atoms with Crippen molar-refractivity contribution in [1.29, 1.82) is 0 Å². The zero-order valence-electron chi connectivity index (χ0n) is 16.9. The summed E-state index contributed by atoms with van der Waals surface area (Å²) < 4.78 is 0. The van der Waals surface area contributed by atoms with Gasteiger partial charge in [0.15, 0.2) is 0 Å². The second kappa shape index (κ2) is 6.88. The van der Waals surface area contributed by atoms with Crippen molar-refractivity contribution in [2.45, 2.75) is 45.3 Å². The maximum Gasteiger partial charge on any atom is 0.258 e. The van der Waals surface area contributed by atoms with Gasteiger partial charge in [-0.1, -0.05) is 12.1 Å². The second-order valence-electron chi connectivity index (χ2n) is 8.37. The molecule has 3 amide bonds. The molecule has 3 heterocycles. The SMILES string of the molecule is CC(C)N1CCN(C(=O)CN2C(=O)c3ccccc3N3C(=O)CCC23C)CC1. The van der Waals surface area contributed by atoms with Crippen LogP contribution in [0.2, 0.25) is 0 Å². The molecule has 2 saturated heterocycles. The molecule has 0 spiro atoms. The molecule has 0 radical (unpaired) electrons. The van der Waals surface area contributed by atoms with Gasteiger partial charge < -0.3 is 9.80 Å². The molecule has 3 aliphatic rings. The molecule has 0 N–H and O–H groups in total. The number of benzene rings is 1. The minimum Gasteiger partial charge on any atom is -0.339 e. The summed E-state index contributed by atoms with van der Waals surface area (Å²) in [5.74, 6) is -0.208. The highest BCUT2D eigenvalue weighted by molar-refractivity contribution is 6.11. The maximum absolute atomic E-state index is 13.2. The first-order valence-corrected chi connectivity index (χ1v) is 10.1. The average molecular weight is 384 g/mol. The van der Waals surface area contributed by atoms with E-state index >= 15 is 0 Å². The number of nitrogens with zero attached hydrogens (tertiary/aromatic N) is 4. The Morgan fingerprint density at radius 2 is 1.79 bits per heavy atom. The Hall–Kier alpha value is -2.41. The minimum atomic E-state index is -0.780. The summed E-state index contributed by atoms with van der Waals surface area (Å²) in [6.07, 6.45) is 0.927. The van der Waals surface area contributed by atoms with Gasteiger partial charge in [-0.05, 0) is 39.3 Å². The van der Waals surface area contributed by atoms with Gasteiger partial charge in [0.05, 0.1) is 11.3 Å². The zero-order valence-corrected chi connectivity index (χ0v) is 16.9.